The van der Waals surface area contributed by atoms with Gasteiger partial charge in [0, 0.05) is 26.2 Å². The molecule has 3 nitrogen and oxygen atoms in total. The average molecular weight is 340 g/mol. The van der Waals surface area contributed by atoms with Gasteiger partial charge in [-0.3, -0.25) is 9.80 Å². The van der Waals surface area contributed by atoms with Gasteiger partial charge in [0.25, 0.3) is 0 Å². The van der Waals surface area contributed by atoms with Gasteiger partial charge in [-0.2, -0.15) is 0 Å². The van der Waals surface area contributed by atoms with Crippen molar-refractivity contribution in [2.45, 2.75) is 92.3 Å². The topological polar surface area (TPSA) is 32.5 Å². The van der Waals surface area contributed by atoms with Crippen molar-refractivity contribution in [2.24, 2.45) is 23.5 Å². The minimum absolute atomic E-state index is 0.132. The molecule has 1 saturated heterocycles. The van der Waals surface area contributed by atoms with E-state index in [1.807, 2.05) is 0 Å². The molecule has 1 rings (SSSR count). The van der Waals surface area contributed by atoms with Gasteiger partial charge in [-0.1, -0.05) is 73.1 Å². The van der Waals surface area contributed by atoms with Crippen LogP contribution in [0.3, 0.4) is 0 Å². The molecule has 0 saturated carbocycles. The van der Waals surface area contributed by atoms with E-state index in [2.05, 4.69) is 44.4 Å². The molecule has 1 aliphatic rings. The Morgan fingerprint density at radius 3 is 1.58 bits per heavy atom. The molecule has 0 bridgehead atoms. The van der Waals surface area contributed by atoms with Crippen molar-refractivity contribution in [3.63, 3.8) is 0 Å². The van der Waals surface area contributed by atoms with E-state index in [9.17, 15) is 0 Å². The summed E-state index contributed by atoms with van der Waals surface area (Å²) in [6.45, 7) is 16.4. The van der Waals surface area contributed by atoms with Crippen molar-refractivity contribution < 1.29 is 0 Å². The Balaban J connectivity index is 2.61. The minimum Gasteiger partial charge on any atom is -0.303 e. The lowest BCUT2D eigenvalue weighted by molar-refractivity contribution is -0.0347. The summed E-state index contributed by atoms with van der Waals surface area (Å²) in [6, 6.07) is 0. The van der Waals surface area contributed by atoms with E-state index in [1.165, 1.54) is 77.5 Å². The molecule has 0 aromatic carbocycles. The second-order valence-corrected chi connectivity index (χ2v) is 8.26. The van der Waals surface area contributed by atoms with Crippen molar-refractivity contribution in [3.05, 3.63) is 0 Å². The molecular formula is C21H45N3. The highest BCUT2D eigenvalue weighted by molar-refractivity contribution is 4.82. The van der Waals surface area contributed by atoms with Crippen LogP contribution in [0.5, 0.6) is 0 Å². The fourth-order valence-electron chi connectivity index (χ4n) is 4.17. The second kappa shape index (κ2) is 12.3. The van der Waals surface area contributed by atoms with Gasteiger partial charge < -0.3 is 5.73 Å². The van der Waals surface area contributed by atoms with Crippen LogP contribution in [-0.4, -0.2) is 42.3 Å². The smallest absolute Gasteiger partial charge is 0.114 e. The van der Waals surface area contributed by atoms with Gasteiger partial charge in [0.05, 0.1) is 0 Å². The molecule has 24 heavy (non-hydrogen) atoms. The van der Waals surface area contributed by atoms with Crippen LogP contribution >= 0.6 is 0 Å². The van der Waals surface area contributed by atoms with Crippen LogP contribution in [0.25, 0.3) is 0 Å². The largest absolute Gasteiger partial charge is 0.303 e. The number of unbranched alkanes of at least 4 members (excludes halogenated alkanes) is 2. The van der Waals surface area contributed by atoms with E-state index in [-0.39, 0.29) is 6.29 Å². The fraction of sp³-hybridized carbons (Fsp3) is 1.00. The molecule has 2 unspecified atom stereocenters. The van der Waals surface area contributed by atoms with Gasteiger partial charge >= 0.3 is 0 Å². The molecule has 0 aromatic rings. The van der Waals surface area contributed by atoms with Gasteiger partial charge in [-0.05, 0) is 30.6 Å². The second-order valence-electron chi connectivity index (χ2n) is 8.26. The monoisotopic (exact) mass is 339 g/mol. The average Bonchev–Trinajstić information content (AvgIpc) is 2.58. The predicted octanol–water partition coefficient (Wildman–Crippen LogP) is 4.92. The van der Waals surface area contributed by atoms with Gasteiger partial charge in [-0.25, -0.2) is 0 Å². The molecule has 0 aromatic heterocycles. The summed E-state index contributed by atoms with van der Waals surface area (Å²) in [6.07, 6.45) is 10.7. The maximum absolute atomic E-state index is 6.70. The molecule has 144 valence electrons. The normalized spacial score (nSPS) is 25.8. The summed E-state index contributed by atoms with van der Waals surface area (Å²) >= 11 is 0. The Morgan fingerprint density at radius 2 is 1.25 bits per heavy atom. The Hall–Kier alpha value is -0.120. The van der Waals surface area contributed by atoms with E-state index >= 15 is 0 Å². The predicted molar refractivity (Wildman–Crippen MR) is 107 cm³/mol. The van der Waals surface area contributed by atoms with E-state index in [0.29, 0.717) is 0 Å². The summed E-state index contributed by atoms with van der Waals surface area (Å²) in [4.78, 5) is 5.15. The Bertz CT molecular complexity index is 279. The molecule has 2 atom stereocenters. The standard InChI is InChI=1S/C21H45N3/c1-6-10-12-19(8-3)16-23-14-18(5)15-24(21(23)22)17-20(9-4)13-11-7-2/h18-21H,6-17,22H2,1-5H3. The molecule has 1 fully saturated rings. The lowest BCUT2D eigenvalue weighted by atomic mass is 9.95. The maximum atomic E-state index is 6.70. The first kappa shape index (κ1) is 21.9. The van der Waals surface area contributed by atoms with Crippen molar-refractivity contribution >= 4 is 0 Å². The highest BCUT2D eigenvalue weighted by Crippen LogP contribution is 2.23. The van der Waals surface area contributed by atoms with Gasteiger partial charge in [0.15, 0.2) is 0 Å². The number of hydrogen-bond donors (Lipinski definition) is 1. The molecule has 1 heterocycles. The zero-order chi connectivity index (χ0) is 17.9. The van der Waals surface area contributed by atoms with Gasteiger partial charge in [0.2, 0.25) is 0 Å². The van der Waals surface area contributed by atoms with Gasteiger partial charge in [0.1, 0.15) is 6.29 Å². The van der Waals surface area contributed by atoms with Crippen LogP contribution in [0.2, 0.25) is 0 Å². The third-order valence-electron chi connectivity index (χ3n) is 5.91. The first-order valence-corrected chi connectivity index (χ1v) is 10.8. The van der Waals surface area contributed by atoms with Crippen LogP contribution in [0.1, 0.15) is 86.0 Å². The van der Waals surface area contributed by atoms with Crippen molar-refractivity contribution in [3.8, 4) is 0 Å². The Morgan fingerprint density at radius 1 is 0.833 bits per heavy atom. The Labute approximate surface area is 152 Å². The van der Waals surface area contributed by atoms with Gasteiger partial charge in [-0.15, -0.1) is 0 Å². The van der Waals surface area contributed by atoms with Crippen molar-refractivity contribution in [1.29, 1.82) is 0 Å². The molecule has 1 aliphatic heterocycles. The van der Waals surface area contributed by atoms with Crippen LogP contribution in [0.4, 0.5) is 0 Å². The first-order valence-electron chi connectivity index (χ1n) is 10.8. The van der Waals surface area contributed by atoms with Crippen LogP contribution in [-0.2, 0) is 0 Å². The lowest BCUT2D eigenvalue weighted by Crippen LogP contribution is -2.62. The summed E-state index contributed by atoms with van der Waals surface area (Å²) < 4.78 is 0. The molecule has 0 radical (unpaired) electrons. The van der Waals surface area contributed by atoms with E-state index in [4.69, 9.17) is 5.73 Å². The summed E-state index contributed by atoms with van der Waals surface area (Å²) in [5, 5.41) is 0. The minimum atomic E-state index is 0.132. The quantitative estimate of drug-likeness (QED) is 0.548. The number of hydrogen-bond acceptors (Lipinski definition) is 3. The zero-order valence-corrected chi connectivity index (χ0v) is 17.3. The van der Waals surface area contributed by atoms with E-state index < -0.39 is 0 Å². The summed E-state index contributed by atoms with van der Waals surface area (Å²) in [7, 11) is 0. The number of nitrogens with two attached hydrogens (primary N) is 1. The molecule has 0 spiro atoms. The SMILES string of the molecule is CCCCC(CC)CN1CC(C)CN(CC(CC)CCCC)C1N. The van der Waals surface area contributed by atoms with Crippen molar-refractivity contribution in [2.75, 3.05) is 26.2 Å². The van der Waals surface area contributed by atoms with Crippen LogP contribution < -0.4 is 5.73 Å². The van der Waals surface area contributed by atoms with Crippen molar-refractivity contribution in [1.82, 2.24) is 9.80 Å². The van der Waals surface area contributed by atoms with Crippen LogP contribution in [0, 0.1) is 17.8 Å². The number of rotatable bonds is 12. The highest BCUT2D eigenvalue weighted by Gasteiger charge is 2.31. The molecule has 2 N–H and O–H groups in total. The third-order valence-corrected chi connectivity index (χ3v) is 5.91. The van der Waals surface area contributed by atoms with Crippen LogP contribution in [0.15, 0.2) is 0 Å². The third kappa shape index (κ3) is 7.41. The summed E-state index contributed by atoms with van der Waals surface area (Å²) in [5.74, 6) is 2.35. The number of nitrogens with zero attached hydrogens (tertiary/aromatic N) is 2. The molecule has 3 heteroatoms. The highest BCUT2D eigenvalue weighted by atomic mass is 15.4. The summed E-state index contributed by atoms with van der Waals surface area (Å²) in [5.41, 5.74) is 6.70. The Kier molecular flexibility index (Phi) is 11.2. The lowest BCUT2D eigenvalue weighted by Gasteiger charge is -2.46. The molecule has 0 amide bonds. The molecule has 0 aliphatic carbocycles. The van der Waals surface area contributed by atoms with E-state index in [0.717, 1.165) is 17.8 Å². The maximum Gasteiger partial charge on any atom is 0.114 e. The zero-order valence-electron chi connectivity index (χ0n) is 17.3. The fourth-order valence-corrected chi connectivity index (χ4v) is 4.17. The first-order chi connectivity index (χ1) is 11.5. The molecular weight excluding hydrogens is 294 g/mol. The van der Waals surface area contributed by atoms with E-state index in [1.54, 1.807) is 0 Å².